The summed E-state index contributed by atoms with van der Waals surface area (Å²) in [5, 5.41) is 6.54. The molecule has 5 nitrogen and oxygen atoms in total. The summed E-state index contributed by atoms with van der Waals surface area (Å²) in [5.74, 6) is 0.384. The minimum absolute atomic E-state index is 0.161. The molecule has 2 rings (SSSR count). The molecule has 1 unspecified atom stereocenters. The Bertz CT molecular complexity index is 615. The van der Waals surface area contributed by atoms with Crippen molar-refractivity contribution in [2.75, 3.05) is 11.9 Å². The zero-order valence-corrected chi connectivity index (χ0v) is 12.7. The van der Waals surface area contributed by atoms with Crippen molar-refractivity contribution in [3.63, 3.8) is 0 Å². The maximum absolute atomic E-state index is 12.1. The monoisotopic (exact) mass is 304 g/mol. The van der Waals surface area contributed by atoms with Gasteiger partial charge in [0.1, 0.15) is 11.5 Å². The predicted octanol–water partition coefficient (Wildman–Crippen LogP) is 3.05. The van der Waals surface area contributed by atoms with Crippen LogP contribution in [0.2, 0.25) is 5.02 Å². The van der Waals surface area contributed by atoms with Gasteiger partial charge in [0.25, 0.3) is 5.91 Å². The summed E-state index contributed by atoms with van der Waals surface area (Å²) in [7, 11) is 0. The number of anilines is 1. The molecule has 0 fully saturated rings. The zero-order chi connectivity index (χ0) is 15.2. The normalized spacial score (nSPS) is 11.8. The lowest BCUT2D eigenvalue weighted by Gasteiger charge is -2.14. The second kappa shape index (κ2) is 7.04. The maximum Gasteiger partial charge on any atom is 0.271 e. The summed E-state index contributed by atoms with van der Waals surface area (Å²) in [6.07, 6.45) is 3.00. The first-order valence-corrected chi connectivity index (χ1v) is 7.10. The number of nitrogens with one attached hydrogen (secondary N) is 2. The average molecular weight is 305 g/mol. The second-order valence-electron chi connectivity index (χ2n) is 4.57. The van der Waals surface area contributed by atoms with Crippen molar-refractivity contribution < 1.29 is 4.79 Å². The van der Waals surface area contributed by atoms with Crippen molar-refractivity contribution in [1.29, 1.82) is 0 Å². The molecule has 1 aromatic carbocycles. The van der Waals surface area contributed by atoms with Crippen LogP contribution in [0.4, 0.5) is 5.82 Å². The van der Waals surface area contributed by atoms with Crippen LogP contribution in [0.5, 0.6) is 0 Å². The first-order valence-electron chi connectivity index (χ1n) is 6.72. The molecule has 110 valence electrons. The molecule has 1 atom stereocenters. The van der Waals surface area contributed by atoms with E-state index in [0.29, 0.717) is 10.8 Å². The molecule has 1 heterocycles. The van der Waals surface area contributed by atoms with Crippen molar-refractivity contribution in [3.8, 4) is 0 Å². The molecular formula is C15H17ClN4O. The van der Waals surface area contributed by atoms with E-state index in [1.165, 1.54) is 6.20 Å². The third-order valence-corrected chi connectivity index (χ3v) is 3.17. The molecule has 0 saturated heterocycles. The lowest BCUT2D eigenvalue weighted by atomic mass is 10.1. The fraction of sp³-hybridized carbons (Fsp3) is 0.267. The Hall–Kier alpha value is -2.14. The number of carbonyl (C=O) groups excluding carboxylic acids is 1. The number of carbonyl (C=O) groups is 1. The van der Waals surface area contributed by atoms with E-state index < -0.39 is 0 Å². The number of halogens is 1. The van der Waals surface area contributed by atoms with Crippen LogP contribution >= 0.6 is 11.6 Å². The highest BCUT2D eigenvalue weighted by Crippen LogP contribution is 2.17. The van der Waals surface area contributed by atoms with Gasteiger partial charge in [0, 0.05) is 11.6 Å². The minimum atomic E-state index is -0.266. The standard InChI is InChI=1S/C15H17ClN4O/c1-3-17-14-9-18-13(8-19-14)15(21)20-10(2)11-5-4-6-12(16)7-11/h4-10H,3H2,1-2H3,(H,17,19)(H,20,21). The number of hydrogen-bond acceptors (Lipinski definition) is 4. The SMILES string of the molecule is CCNc1cnc(C(=O)NC(C)c2cccc(Cl)c2)cn1. The third kappa shape index (κ3) is 4.16. The van der Waals surface area contributed by atoms with Gasteiger partial charge in [-0.25, -0.2) is 9.97 Å². The molecule has 0 aliphatic carbocycles. The molecule has 0 spiro atoms. The van der Waals surface area contributed by atoms with Crippen molar-refractivity contribution in [2.24, 2.45) is 0 Å². The number of rotatable bonds is 5. The summed E-state index contributed by atoms with van der Waals surface area (Å²) in [6, 6.07) is 7.23. The van der Waals surface area contributed by atoms with E-state index in [9.17, 15) is 4.79 Å². The Morgan fingerprint density at radius 3 is 2.76 bits per heavy atom. The van der Waals surface area contributed by atoms with E-state index in [4.69, 9.17) is 11.6 Å². The van der Waals surface area contributed by atoms with E-state index in [2.05, 4.69) is 20.6 Å². The van der Waals surface area contributed by atoms with Crippen LogP contribution in [0.25, 0.3) is 0 Å². The van der Waals surface area contributed by atoms with Crippen molar-refractivity contribution in [3.05, 3.63) is 52.9 Å². The largest absolute Gasteiger partial charge is 0.369 e. The molecule has 1 aromatic heterocycles. The van der Waals surface area contributed by atoms with Gasteiger partial charge in [-0.2, -0.15) is 0 Å². The summed E-state index contributed by atoms with van der Waals surface area (Å²) < 4.78 is 0. The van der Waals surface area contributed by atoms with Crippen molar-refractivity contribution in [1.82, 2.24) is 15.3 Å². The lowest BCUT2D eigenvalue weighted by molar-refractivity contribution is 0.0934. The van der Waals surface area contributed by atoms with Crippen LogP contribution in [-0.2, 0) is 0 Å². The Kier molecular flexibility index (Phi) is 5.11. The lowest BCUT2D eigenvalue weighted by Crippen LogP contribution is -2.27. The maximum atomic E-state index is 12.1. The van der Waals surface area contributed by atoms with Crippen LogP contribution in [0, 0.1) is 0 Å². The Balaban J connectivity index is 2.03. The molecule has 2 N–H and O–H groups in total. The van der Waals surface area contributed by atoms with E-state index in [1.54, 1.807) is 12.3 Å². The van der Waals surface area contributed by atoms with Gasteiger partial charge in [-0.3, -0.25) is 4.79 Å². The summed E-state index contributed by atoms with van der Waals surface area (Å²) in [4.78, 5) is 20.3. The van der Waals surface area contributed by atoms with E-state index in [1.807, 2.05) is 32.0 Å². The first-order chi connectivity index (χ1) is 10.1. The van der Waals surface area contributed by atoms with Crippen LogP contribution in [-0.4, -0.2) is 22.4 Å². The number of aromatic nitrogens is 2. The van der Waals surface area contributed by atoms with Crippen LogP contribution in [0.3, 0.4) is 0 Å². The van der Waals surface area contributed by atoms with Gasteiger partial charge in [-0.15, -0.1) is 0 Å². The quantitative estimate of drug-likeness (QED) is 0.891. The third-order valence-electron chi connectivity index (χ3n) is 2.94. The molecule has 0 saturated carbocycles. The molecule has 0 radical (unpaired) electrons. The molecule has 0 aliphatic heterocycles. The smallest absolute Gasteiger partial charge is 0.271 e. The highest BCUT2D eigenvalue weighted by Gasteiger charge is 2.13. The predicted molar refractivity (Wildman–Crippen MR) is 83.5 cm³/mol. The zero-order valence-electron chi connectivity index (χ0n) is 11.9. The minimum Gasteiger partial charge on any atom is -0.369 e. The molecule has 6 heteroatoms. The average Bonchev–Trinajstić information content (AvgIpc) is 2.48. The molecule has 21 heavy (non-hydrogen) atoms. The van der Waals surface area contributed by atoms with Crippen molar-refractivity contribution >= 4 is 23.3 Å². The number of nitrogens with zero attached hydrogens (tertiary/aromatic N) is 2. The van der Waals surface area contributed by atoms with Gasteiger partial charge in [0.05, 0.1) is 18.4 Å². The van der Waals surface area contributed by atoms with Gasteiger partial charge in [-0.1, -0.05) is 23.7 Å². The number of amides is 1. The van der Waals surface area contributed by atoms with Crippen molar-refractivity contribution in [2.45, 2.75) is 19.9 Å². The summed E-state index contributed by atoms with van der Waals surface area (Å²) in [5.41, 5.74) is 1.22. The fourth-order valence-corrected chi connectivity index (χ4v) is 2.05. The highest BCUT2D eigenvalue weighted by atomic mass is 35.5. The van der Waals surface area contributed by atoms with Crippen LogP contribution in [0.15, 0.2) is 36.7 Å². The number of hydrogen-bond donors (Lipinski definition) is 2. The van der Waals surface area contributed by atoms with Gasteiger partial charge in [-0.05, 0) is 31.5 Å². The van der Waals surface area contributed by atoms with Gasteiger partial charge in [0.2, 0.25) is 0 Å². The van der Waals surface area contributed by atoms with Gasteiger partial charge < -0.3 is 10.6 Å². The Morgan fingerprint density at radius 1 is 1.33 bits per heavy atom. The van der Waals surface area contributed by atoms with Crippen LogP contribution < -0.4 is 10.6 Å². The van der Waals surface area contributed by atoms with E-state index >= 15 is 0 Å². The molecule has 0 aliphatic rings. The van der Waals surface area contributed by atoms with Crippen LogP contribution in [0.1, 0.15) is 35.9 Å². The molecule has 1 amide bonds. The van der Waals surface area contributed by atoms with E-state index in [0.717, 1.165) is 12.1 Å². The first kappa shape index (κ1) is 15.3. The van der Waals surface area contributed by atoms with Gasteiger partial charge >= 0.3 is 0 Å². The van der Waals surface area contributed by atoms with Gasteiger partial charge in [0.15, 0.2) is 0 Å². The summed E-state index contributed by atoms with van der Waals surface area (Å²) >= 11 is 5.95. The second-order valence-corrected chi connectivity index (χ2v) is 5.00. The Labute approximate surface area is 128 Å². The summed E-state index contributed by atoms with van der Waals surface area (Å²) in [6.45, 7) is 4.62. The molecule has 2 aromatic rings. The van der Waals surface area contributed by atoms with E-state index in [-0.39, 0.29) is 17.6 Å². The molecular weight excluding hydrogens is 288 g/mol. The Morgan fingerprint density at radius 2 is 2.14 bits per heavy atom. The number of benzene rings is 1. The topological polar surface area (TPSA) is 66.9 Å². The fourth-order valence-electron chi connectivity index (χ4n) is 1.85. The highest BCUT2D eigenvalue weighted by molar-refractivity contribution is 6.30. The molecule has 0 bridgehead atoms.